The molecule has 4 heterocycles. The molecular weight excluding hydrogens is 441 g/mol. The minimum atomic E-state index is -4.52. The van der Waals surface area contributed by atoms with Crippen LogP contribution in [0.2, 0.25) is 0 Å². The number of piperidine rings is 1. The normalized spacial score (nSPS) is 15.0. The van der Waals surface area contributed by atoms with Gasteiger partial charge in [-0.25, -0.2) is 19.9 Å². The van der Waals surface area contributed by atoms with Crippen LogP contribution in [0.3, 0.4) is 0 Å². The smallest absolute Gasteiger partial charge is 0.369 e. The average molecular weight is 464 g/mol. The zero-order chi connectivity index (χ0) is 23.5. The number of nitrogens with one attached hydrogen (secondary N) is 1. The summed E-state index contributed by atoms with van der Waals surface area (Å²) in [5.41, 5.74) is 0.719. The molecule has 3 aromatic heterocycles. The molecule has 0 bridgehead atoms. The first kappa shape index (κ1) is 22.1. The highest BCUT2D eigenvalue weighted by molar-refractivity contribution is 5.99. The van der Waals surface area contributed by atoms with E-state index >= 15 is 0 Å². The van der Waals surface area contributed by atoms with Gasteiger partial charge in [0.2, 0.25) is 5.95 Å². The minimum absolute atomic E-state index is 0.287. The van der Waals surface area contributed by atoms with Gasteiger partial charge in [0.05, 0.1) is 5.52 Å². The third-order valence-corrected chi connectivity index (χ3v) is 6.11. The van der Waals surface area contributed by atoms with Gasteiger partial charge in [0.25, 0.3) is 0 Å². The predicted molar refractivity (Wildman–Crippen MR) is 125 cm³/mol. The molecule has 0 saturated carbocycles. The Bertz CT molecular complexity index is 1260. The van der Waals surface area contributed by atoms with Gasteiger partial charge >= 0.3 is 6.18 Å². The van der Waals surface area contributed by atoms with Gasteiger partial charge in [-0.15, -0.1) is 0 Å². The highest BCUT2D eigenvalue weighted by atomic mass is 19.4. The lowest BCUT2D eigenvalue weighted by Crippen LogP contribution is -2.36. The maximum absolute atomic E-state index is 13.4. The van der Waals surface area contributed by atoms with E-state index in [1.54, 1.807) is 24.7 Å². The summed E-state index contributed by atoms with van der Waals surface area (Å²) in [5, 5.41) is 3.94. The molecule has 1 saturated heterocycles. The predicted octanol–water partition coefficient (Wildman–Crippen LogP) is 5.43. The molecule has 0 amide bonds. The topological polar surface area (TPSA) is 66.8 Å². The molecule has 1 aromatic carbocycles. The molecule has 4 aromatic rings. The lowest BCUT2D eigenvalue weighted by atomic mass is 9.97. The first-order valence-electron chi connectivity index (χ1n) is 11.2. The first-order chi connectivity index (χ1) is 16.5. The van der Waals surface area contributed by atoms with E-state index in [1.807, 2.05) is 30.3 Å². The number of hydrogen-bond donors (Lipinski definition) is 1. The van der Waals surface area contributed by atoms with Crippen molar-refractivity contribution < 1.29 is 13.2 Å². The summed E-state index contributed by atoms with van der Waals surface area (Å²) in [6.45, 7) is 2.39. The number of alkyl halides is 3. The van der Waals surface area contributed by atoms with Gasteiger partial charge < -0.3 is 10.2 Å². The van der Waals surface area contributed by atoms with E-state index in [0.717, 1.165) is 43.5 Å². The van der Waals surface area contributed by atoms with Gasteiger partial charge in [-0.2, -0.15) is 13.2 Å². The summed E-state index contributed by atoms with van der Waals surface area (Å²) < 4.78 is 40.2. The van der Waals surface area contributed by atoms with Crippen molar-refractivity contribution in [2.45, 2.75) is 19.0 Å². The maximum Gasteiger partial charge on any atom is 0.433 e. The SMILES string of the molecule is FC(F)(F)c1ccc2c(NCC3CCN(c4ncccn4)CC3)ncc(-c3ccccc3)c2n1. The van der Waals surface area contributed by atoms with Gasteiger partial charge in [-0.05, 0) is 42.5 Å². The summed E-state index contributed by atoms with van der Waals surface area (Å²) in [5.74, 6) is 1.70. The monoisotopic (exact) mass is 464 g/mol. The van der Waals surface area contributed by atoms with Gasteiger partial charge in [0, 0.05) is 49.2 Å². The van der Waals surface area contributed by atoms with Crippen molar-refractivity contribution in [2.24, 2.45) is 5.92 Å². The standard InChI is InChI=1S/C25H23F3N6/c26-25(27,28)21-8-7-19-22(33-21)20(18-5-2-1-3-6-18)16-32-23(19)31-15-17-9-13-34(14-10-17)24-29-11-4-12-30-24/h1-8,11-12,16-17H,9-10,13-15H2,(H,31,32). The maximum atomic E-state index is 13.4. The molecule has 5 rings (SSSR count). The van der Waals surface area contributed by atoms with Crippen LogP contribution in [-0.4, -0.2) is 39.6 Å². The molecule has 9 heteroatoms. The number of fused-ring (bicyclic) bond motifs is 1. The molecule has 1 aliphatic heterocycles. The van der Waals surface area contributed by atoms with Crippen LogP contribution in [0, 0.1) is 5.92 Å². The Labute approximate surface area is 194 Å². The highest BCUT2D eigenvalue weighted by Crippen LogP contribution is 2.35. The molecule has 6 nitrogen and oxygen atoms in total. The molecule has 0 aliphatic carbocycles. The number of hydrogen-bond acceptors (Lipinski definition) is 6. The van der Waals surface area contributed by atoms with Gasteiger partial charge in [0.15, 0.2) is 0 Å². The summed E-state index contributed by atoms with van der Waals surface area (Å²) in [6, 6.07) is 13.5. The first-order valence-corrected chi connectivity index (χ1v) is 11.2. The van der Waals surface area contributed by atoms with Crippen LogP contribution in [0.1, 0.15) is 18.5 Å². The van der Waals surface area contributed by atoms with E-state index in [-0.39, 0.29) is 5.52 Å². The molecule has 0 atom stereocenters. The Balaban J connectivity index is 1.37. The van der Waals surface area contributed by atoms with Crippen LogP contribution < -0.4 is 10.2 Å². The largest absolute Gasteiger partial charge is 0.433 e. The summed E-state index contributed by atoms with van der Waals surface area (Å²) in [6.07, 6.45) is 2.48. The van der Waals surface area contributed by atoms with Crippen molar-refractivity contribution in [2.75, 3.05) is 29.9 Å². The molecule has 174 valence electrons. The molecule has 34 heavy (non-hydrogen) atoms. The lowest BCUT2D eigenvalue weighted by Gasteiger charge is -2.32. The molecule has 0 spiro atoms. The van der Waals surface area contributed by atoms with Gasteiger partial charge in [0.1, 0.15) is 11.5 Å². The molecule has 1 aliphatic rings. The Kier molecular flexibility index (Phi) is 6.00. The van der Waals surface area contributed by atoms with Gasteiger partial charge in [-0.1, -0.05) is 30.3 Å². The van der Waals surface area contributed by atoms with Crippen molar-refractivity contribution in [1.82, 2.24) is 19.9 Å². The minimum Gasteiger partial charge on any atom is -0.369 e. The van der Waals surface area contributed by atoms with Crippen molar-refractivity contribution in [3.8, 4) is 11.1 Å². The number of nitrogens with zero attached hydrogens (tertiary/aromatic N) is 5. The number of rotatable bonds is 5. The summed E-state index contributed by atoms with van der Waals surface area (Å²) in [7, 11) is 0. The van der Waals surface area contributed by atoms with Crippen LogP contribution >= 0.6 is 0 Å². The molecular formula is C25H23F3N6. The Morgan fingerprint density at radius 2 is 1.65 bits per heavy atom. The van der Waals surface area contributed by atoms with E-state index < -0.39 is 11.9 Å². The fourth-order valence-electron chi connectivity index (χ4n) is 4.28. The quantitative estimate of drug-likeness (QED) is 0.425. The Morgan fingerprint density at radius 3 is 2.35 bits per heavy atom. The lowest BCUT2D eigenvalue weighted by molar-refractivity contribution is -0.140. The van der Waals surface area contributed by atoms with E-state index in [1.165, 1.54) is 6.07 Å². The number of benzene rings is 1. The Morgan fingerprint density at radius 1 is 0.912 bits per heavy atom. The van der Waals surface area contributed by atoms with Crippen molar-refractivity contribution in [1.29, 1.82) is 0 Å². The van der Waals surface area contributed by atoms with Crippen molar-refractivity contribution in [3.63, 3.8) is 0 Å². The third-order valence-electron chi connectivity index (χ3n) is 6.11. The van der Waals surface area contributed by atoms with Crippen LogP contribution in [0.4, 0.5) is 24.9 Å². The molecule has 0 radical (unpaired) electrons. The molecule has 0 unspecified atom stereocenters. The van der Waals surface area contributed by atoms with Crippen molar-refractivity contribution in [3.05, 3.63) is 72.8 Å². The van der Waals surface area contributed by atoms with Gasteiger partial charge in [-0.3, -0.25) is 0 Å². The third kappa shape index (κ3) is 4.64. The zero-order valence-corrected chi connectivity index (χ0v) is 18.3. The van der Waals surface area contributed by atoms with E-state index in [4.69, 9.17) is 0 Å². The average Bonchev–Trinajstić information content (AvgIpc) is 2.88. The fourth-order valence-corrected chi connectivity index (χ4v) is 4.28. The van der Waals surface area contributed by atoms with E-state index in [2.05, 4.69) is 30.2 Å². The number of halogens is 3. The summed E-state index contributed by atoms with van der Waals surface area (Å²) >= 11 is 0. The number of pyridine rings is 2. The van der Waals surface area contributed by atoms with Crippen LogP contribution in [0.25, 0.3) is 22.0 Å². The number of aromatic nitrogens is 4. The zero-order valence-electron chi connectivity index (χ0n) is 18.3. The highest BCUT2D eigenvalue weighted by Gasteiger charge is 2.33. The van der Waals surface area contributed by atoms with Crippen molar-refractivity contribution >= 4 is 22.7 Å². The summed E-state index contributed by atoms with van der Waals surface area (Å²) in [4.78, 5) is 19.4. The second-order valence-electron chi connectivity index (χ2n) is 8.34. The fraction of sp³-hybridized carbons (Fsp3) is 0.280. The second-order valence-corrected chi connectivity index (χ2v) is 8.34. The molecule has 1 N–H and O–H groups in total. The van der Waals surface area contributed by atoms with Crippen LogP contribution in [0.5, 0.6) is 0 Å². The second kappa shape index (κ2) is 9.24. The number of anilines is 2. The molecule has 1 fully saturated rings. The van der Waals surface area contributed by atoms with Crippen LogP contribution in [0.15, 0.2) is 67.1 Å². The van der Waals surface area contributed by atoms with Crippen LogP contribution in [-0.2, 0) is 6.18 Å². The Hall–Kier alpha value is -3.75. The van der Waals surface area contributed by atoms with E-state index in [0.29, 0.717) is 29.2 Å². The van der Waals surface area contributed by atoms with E-state index in [9.17, 15) is 13.2 Å².